The number of para-hydroxylation sites is 1. The van der Waals surface area contributed by atoms with E-state index in [2.05, 4.69) is 107 Å². The Morgan fingerprint density at radius 3 is 2.66 bits per heavy atom. The Morgan fingerprint density at radius 1 is 0.969 bits per heavy atom. The molecule has 3 aromatic heterocycles. The van der Waals surface area contributed by atoms with Crippen LogP contribution >= 0.6 is 0 Å². The van der Waals surface area contributed by atoms with Crippen molar-refractivity contribution in [1.29, 1.82) is 0 Å². The zero-order valence-electron chi connectivity index (χ0n) is 18.8. The minimum atomic E-state index is -0.239. The van der Waals surface area contributed by atoms with E-state index < -0.39 is 0 Å². The highest BCUT2D eigenvalue weighted by atomic mass is 16.3. The SMILES string of the molecule is Cc1ccc2c(n1)oc1cccc(C(C)(C)N3C=CN(c4cc5ccccc5n4C)C3)c12. The summed E-state index contributed by atoms with van der Waals surface area (Å²) >= 11 is 0. The lowest BCUT2D eigenvalue weighted by atomic mass is 9.89. The van der Waals surface area contributed by atoms with Crippen LogP contribution in [0, 0.1) is 6.92 Å². The van der Waals surface area contributed by atoms with Crippen LogP contribution in [0.5, 0.6) is 0 Å². The van der Waals surface area contributed by atoms with E-state index in [0.29, 0.717) is 5.71 Å². The fourth-order valence-electron chi connectivity index (χ4n) is 4.94. The average molecular weight is 423 g/mol. The highest BCUT2D eigenvalue weighted by Gasteiger charge is 2.33. The quantitative estimate of drug-likeness (QED) is 0.344. The molecule has 0 radical (unpaired) electrons. The van der Waals surface area contributed by atoms with E-state index in [-0.39, 0.29) is 5.54 Å². The lowest BCUT2D eigenvalue weighted by Gasteiger charge is -2.37. The summed E-state index contributed by atoms with van der Waals surface area (Å²) in [7, 11) is 2.13. The van der Waals surface area contributed by atoms with Gasteiger partial charge in [-0.3, -0.25) is 0 Å². The van der Waals surface area contributed by atoms with Crippen molar-refractivity contribution < 1.29 is 4.42 Å². The van der Waals surface area contributed by atoms with Crippen molar-refractivity contribution in [3.63, 3.8) is 0 Å². The molecule has 0 saturated carbocycles. The van der Waals surface area contributed by atoms with Crippen LogP contribution in [0.1, 0.15) is 25.1 Å². The van der Waals surface area contributed by atoms with E-state index in [1.165, 1.54) is 22.3 Å². The Bertz CT molecular complexity index is 1520. The third-order valence-electron chi connectivity index (χ3n) is 6.83. The molecular formula is C27H26N4O. The summed E-state index contributed by atoms with van der Waals surface area (Å²) in [5.74, 6) is 1.19. The first kappa shape index (κ1) is 19.0. The molecule has 5 nitrogen and oxygen atoms in total. The summed E-state index contributed by atoms with van der Waals surface area (Å²) in [4.78, 5) is 9.31. The molecule has 0 atom stereocenters. The number of hydrogen-bond donors (Lipinski definition) is 0. The summed E-state index contributed by atoms with van der Waals surface area (Å²) in [6.07, 6.45) is 4.37. The van der Waals surface area contributed by atoms with Gasteiger partial charge in [-0.25, -0.2) is 4.98 Å². The van der Waals surface area contributed by atoms with Gasteiger partial charge >= 0.3 is 0 Å². The van der Waals surface area contributed by atoms with Crippen LogP contribution in [0.4, 0.5) is 5.82 Å². The number of pyridine rings is 1. The summed E-state index contributed by atoms with van der Waals surface area (Å²) in [5.41, 5.74) is 4.80. The first-order valence-electron chi connectivity index (χ1n) is 11.0. The topological polar surface area (TPSA) is 37.4 Å². The maximum absolute atomic E-state index is 6.11. The molecule has 0 spiro atoms. The standard InChI is InChI=1S/C27H26N4O/c1-18-12-13-20-25-21(9-7-11-23(25)32-26(20)28-18)27(2,3)31-15-14-30(17-31)24-16-19-8-5-6-10-22(19)29(24)4/h5-16H,17H2,1-4H3. The Balaban J connectivity index is 1.40. The van der Waals surface area contributed by atoms with E-state index >= 15 is 0 Å². The summed E-state index contributed by atoms with van der Waals surface area (Å²) in [6, 6.07) is 21.3. The normalized spacial score (nSPS) is 14.5. The molecule has 0 unspecified atom stereocenters. The van der Waals surface area contributed by atoms with Crippen molar-refractivity contribution in [2.45, 2.75) is 26.3 Å². The van der Waals surface area contributed by atoms with Gasteiger partial charge in [-0.05, 0) is 56.7 Å². The molecule has 4 heterocycles. The summed E-state index contributed by atoms with van der Waals surface area (Å²) in [6.45, 7) is 7.32. The molecule has 0 bridgehead atoms. The molecular weight excluding hydrogens is 396 g/mol. The highest BCUT2D eigenvalue weighted by Crippen LogP contribution is 2.40. The minimum Gasteiger partial charge on any atom is -0.438 e. The van der Waals surface area contributed by atoms with Gasteiger partial charge in [0.15, 0.2) is 0 Å². The van der Waals surface area contributed by atoms with E-state index in [0.717, 1.165) is 28.7 Å². The maximum Gasteiger partial charge on any atom is 0.227 e. The maximum atomic E-state index is 6.11. The van der Waals surface area contributed by atoms with Crippen LogP contribution in [-0.4, -0.2) is 21.1 Å². The fourth-order valence-corrected chi connectivity index (χ4v) is 4.94. The fraction of sp³-hybridized carbons (Fsp3) is 0.222. The number of anilines is 1. The zero-order valence-corrected chi connectivity index (χ0v) is 18.8. The van der Waals surface area contributed by atoms with Crippen molar-refractivity contribution in [1.82, 2.24) is 14.5 Å². The Morgan fingerprint density at radius 2 is 1.81 bits per heavy atom. The smallest absolute Gasteiger partial charge is 0.227 e. The monoisotopic (exact) mass is 422 g/mol. The van der Waals surface area contributed by atoms with Crippen molar-refractivity contribution >= 4 is 38.8 Å². The second-order valence-corrected chi connectivity index (χ2v) is 9.14. The molecule has 32 heavy (non-hydrogen) atoms. The largest absolute Gasteiger partial charge is 0.438 e. The first-order valence-corrected chi connectivity index (χ1v) is 11.0. The molecule has 0 aliphatic carbocycles. The van der Waals surface area contributed by atoms with Crippen LogP contribution < -0.4 is 4.90 Å². The Kier molecular flexibility index (Phi) is 3.94. The molecule has 1 aliphatic heterocycles. The van der Waals surface area contributed by atoms with Crippen LogP contribution in [0.15, 0.2) is 77.5 Å². The van der Waals surface area contributed by atoms with Gasteiger partial charge in [0.2, 0.25) is 5.71 Å². The number of aromatic nitrogens is 2. The first-order chi connectivity index (χ1) is 15.4. The van der Waals surface area contributed by atoms with Gasteiger partial charge in [0.1, 0.15) is 11.4 Å². The second-order valence-electron chi connectivity index (χ2n) is 9.14. The molecule has 0 saturated heterocycles. The summed E-state index contributed by atoms with van der Waals surface area (Å²) in [5, 5.41) is 3.48. The molecule has 5 aromatic rings. The van der Waals surface area contributed by atoms with Crippen LogP contribution in [-0.2, 0) is 12.6 Å². The zero-order chi connectivity index (χ0) is 22.0. The third kappa shape index (κ3) is 2.67. The van der Waals surface area contributed by atoms with Gasteiger partial charge in [0, 0.05) is 46.8 Å². The van der Waals surface area contributed by atoms with Gasteiger partial charge in [-0.15, -0.1) is 0 Å². The molecule has 6 rings (SSSR count). The molecule has 0 fully saturated rings. The van der Waals surface area contributed by atoms with Gasteiger partial charge in [0.25, 0.3) is 0 Å². The molecule has 1 aliphatic rings. The van der Waals surface area contributed by atoms with Crippen molar-refractivity contribution in [2.24, 2.45) is 7.05 Å². The van der Waals surface area contributed by atoms with Crippen LogP contribution in [0.2, 0.25) is 0 Å². The third-order valence-corrected chi connectivity index (χ3v) is 6.83. The Hall–Kier alpha value is -3.73. The van der Waals surface area contributed by atoms with Crippen molar-refractivity contribution in [2.75, 3.05) is 11.6 Å². The van der Waals surface area contributed by atoms with Crippen molar-refractivity contribution in [3.05, 3.63) is 84.3 Å². The molecule has 160 valence electrons. The number of benzene rings is 2. The average Bonchev–Trinajstić information content (AvgIpc) is 3.49. The lowest BCUT2D eigenvalue weighted by Crippen LogP contribution is -2.40. The number of furan rings is 1. The molecule has 0 N–H and O–H groups in total. The van der Waals surface area contributed by atoms with Gasteiger partial charge in [-0.2, -0.15) is 0 Å². The number of fused-ring (bicyclic) bond motifs is 4. The van der Waals surface area contributed by atoms with Crippen LogP contribution in [0.25, 0.3) is 33.0 Å². The summed E-state index contributed by atoms with van der Waals surface area (Å²) < 4.78 is 8.37. The van der Waals surface area contributed by atoms with E-state index in [1.54, 1.807) is 0 Å². The molecule has 2 aromatic carbocycles. The number of hydrogen-bond acceptors (Lipinski definition) is 4. The second kappa shape index (κ2) is 6.63. The van der Waals surface area contributed by atoms with Crippen LogP contribution in [0.3, 0.4) is 0 Å². The van der Waals surface area contributed by atoms with Gasteiger partial charge in [-0.1, -0.05) is 30.3 Å². The van der Waals surface area contributed by atoms with E-state index in [4.69, 9.17) is 4.42 Å². The Labute approximate surface area is 187 Å². The van der Waals surface area contributed by atoms with Gasteiger partial charge < -0.3 is 18.8 Å². The number of rotatable bonds is 3. The predicted molar refractivity (Wildman–Crippen MR) is 131 cm³/mol. The van der Waals surface area contributed by atoms with E-state index in [1.807, 2.05) is 13.0 Å². The molecule has 5 heteroatoms. The minimum absolute atomic E-state index is 0.239. The number of nitrogens with zero attached hydrogens (tertiary/aromatic N) is 4. The van der Waals surface area contributed by atoms with Gasteiger partial charge in [0.05, 0.1) is 12.2 Å². The predicted octanol–water partition coefficient (Wildman–Crippen LogP) is 6.27. The molecule has 0 amide bonds. The number of aryl methyl sites for hydroxylation is 2. The lowest BCUT2D eigenvalue weighted by molar-refractivity contribution is 0.203. The van der Waals surface area contributed by atoms with Crippen molar-refractivity contribution in [3.8, 4) is 0 Å². The highest BCUT2D eigenvalue weighted by molar-refractivity contribution is 6.06. The van der Waals surface area contributed by atoms with E-state index in [9.17, 15) is 0 Å².